The van der Waals surface area contributed by atoms with Crippen molar-refractivity contribution in [2.24, 2.45) is 0 Å². The van der Waals surface area contributed by atoms with Crippen LogP contribution in [-0.2, 0) is 22.5 Å². The van der Waals surface area contributed by atoms with Crippen LogP contribution in [0.15, 0.2) is 35.5 Å². The number of amides is 1. The highest BCUT2D eigenvalue weighted by molar-refractivity contribution is 7.99. The molecule has 3 aromatic rings. The van der Waals surface area contributed by atoms with Crippen molar-refractivity contribution in [2.75, 3.05) is 17.7 Å². The number of hydrogen-bond donors (Lipinski definition) is 1. The Morgan fingerprint density at radius 2 is 1.88 bits per heavy atom. The Balaban J connectivity index is 1.70. The molecule has 0 fully saturated rings. The van der Waals surface area contributed by atoms with Gasteiger partial charge in [-0.25, -0.2) is 4.79 Å². The number of esters is 1. The van der Waals surface area contributed by atoms with Gasteiger partial charge in [-0.3, -0.25) is 4.79 Å². The van der Waals surface area contributed by atoms with Gasteiger partial charge in [0.2, 0.25) is 5.91 Å². The van der Waals surface area contributed by atoms with Crippen LogP contribution in [-0.4, -0.2) is 39.0 Å². The first-order valence-corrected chi connectivity index (χ1v) is 12.9. The maximum atomic E-state index is 12.7. The van der Waals surface area contributed by atoms with Gasteiger partial charge in [0.25, 0.3) is 0 Å². The van der Waals surface area contributed by atoms with Crippen LogP contribution in [0, 0.1) is 0 Å². The van der Waals surface area contributed by atoms with E-state index in [1.54, 1.807) is 13.0 Å². The predicted molar refractivity (Wildman–Crippen MR) is 134 cm³/mol. The Hall–Kier alpha value is -2.65. The van der Waals surface area contributed by atoms with Gasteiger partial charge in [-0.05, 0) is 37.8 Å². The standard InChI is InChI=1S/C24H30N4O3S2/c1-6-18-13-19(23(30)31-8-3)22(33-18)25-20(29)14-32-24-27-26-21(28(24)7-2)17-11-9-16(10-12-17)15(4)5/h9-13,15H,6-8,14H2,1-5H3,(H,25,29). The molecule has 0 radical (unpaired) electrons. The SMILES string of the molecule is CCOC(=O)c1cc(CC)sc1NC(=O)CSc1nnc(-c2ccc(C(C)C)cc2)n1CC. The van der Waals surface area contributed by atoms with Crippen LogP contribution in [0.1, 0.15) is 61.3 Å². The zero-order valence-electron chi connectivity index (χ0n) is 19.7. The summed E-state index contributed by atoms with van der Waals surface area (Å²) in [6, 6.07) is 10.1. The summed E-state index contributed by atoms with van der Waals surface area (Å²) >= 11 is 2.73. The fourth-order valence-electron chi connectivity index (χ4n) is 3.27. The van der Waals surface area contributed by atoms with Gasteiger partial charge in [0.1, 0.15) is 5.00 Å². The van der Waals surface area contributed by atoms with E-state index in [0.29, 0.717) is 28.2 Å². The van der Waals surface area contributed by atoms with E-state index in [1.807, 2.05) is 18.4 Å². The third kappa shape index (κ3) is 6.03. The van der Waals surface area contributed by atoms with Gasteiger partial charge in [-0.1, -0.05) is 56.8 Å². The maximum absolute atomic E-state index is 12.7. The number of thiophene rings is 1. The third-order valence-corrected chi connectivity index (χ3v) is 7.24. The zero-order chi connectivity index (χ0) is 24.0. The highest BCUT2D eigenvalue weighted by atomic mass is 32.2. The molecule has 0 spiro atoms. The van der Waals surface area contributed by atoms with E-state index >= 15 is 0 Å². The first kappa shape index (κ1) is 25.0. The number of benzene rings is 1. The molecule has 9 heteroatoms. The van der Waals surface area contributed by atoms with Crippen molar-refractivity contribution < 1.29 is 14.3 Å². The second-order valence-corrected chi connectivity index (χ2v) is 9.77. The summed E-state index contributed by atoms with van der Waals surface area (Å²) in [5, 5.41) is 12.8. The molecule has 3 rings (SSSR count). The first-order valence-electron chi connectivity index (χ1n) is 11.1. The van der Waals surface area contributed by atoms with Gasteiger partial charge in [0.05, 0.1) is 17.9 Å². The molecular formula is C24H30N4O3S2. The molecular weight excluding hydrogens is 456 g/mol. The van der Waals surface area contributed by atoms with E-state index in [9.17, 15) is 9.59 Å². The maximum Gasteiger partial charge on any atom is 0.341 e. The van der Waals surface area contributed by atoms with Gasteiger partial charge in [0, 0.05) is 17.0 Å². The van der Waals surface area contributed by atoms with E-state index in [-0.39, 0.29) is 18.3 Å². The largest absolute Gasteiger partial charge is 0.462 e. The average Bonchev–Trinajstić information content (AvgIpc) is 3.41. The normalized spacial score (nSPS) is 11.1. The molecule has 176 valence electrons. The van der Waals surface area contributed by atoms with Gasteiger partial charge >= 0.3 is 5.97 Å². The molecule has 0 bridgehead atoms. The number of carbonyl (C=O) groups is 2. The molecule has 1 N–H and O–H groups in total. The lowest BCUT2D eigenvalue weighted by molar-refractivity contribution is -0.113. The van der Waals surface area contributed by atoms with Crippen molar-refractivity contribution in [1.29, 1.82) is 0 Å². The van der Waals surface area contributed by atoms with Crippen LogP contribution in [0.2, 0.25) is 0 Å². The summed E-state index contributed by atoms with van der Waals surface area (Å²) in [6.07, 6.45) is 0.780. The molecule has 2 heterocycles. The molecule has 1 aromatic carbocycles. The van der Waals surface area contributed by atoms with Crippen molar-refractivity contribution >= 4 is 40.0 Å². The smallest absolute Gasteiger partial charge is 0.341 e. The fourth-order valence-corrected chi connectivity index (χ4v) is 5.08. The van der Waals surface area contributed by atoms with Crippen LogP contribution in [0.25, 0.3) is 11.4 Å². The van der Waals surface area contributed by atoms with Crippen molar-refractivity contribution in [3.05, 3.63) is 46.3 Å². The number of nitrogens with one attached hydrogen (secondary N) is 1. The van der Waals surface area contributed by atoms with Crippen LogP contribution in [0.5, 0.6) is 0 Å². The summed E-state index contributed by atoms with van der Waals surface area (Å²) in [6.45, 7) is 11.1. The second-order valence-electron chi connectivity index (χ2n) is 7.69. The van der Waals surface area contributed by atoms with Crippen LogP contribution in [0.4, 0.5) is 5.00 Å². The van der Waals surface area contributed by atoms with Crippen LogP contribution >= 0.6 is 23.1 Å². The summed E-state index contributed by atoms with van der Waals surface area (Å²) in [7, 11) is 0. The van der Waals surface area contributed by atoms with Crippen molar-refractivity contribution in [3.8, 4) is 11.4 Å². The number of anilines is 1. The number of hydrogen-bond acceptors (Lipinski definition) is 7. The lowest BCUT2D eigenvalue weighted by atomic mass is 10.0. The summed E-state index contributed by atoms with van der Waals surface area (Å²) in [5.41, 5.74) is 2.67. The van der Waals surface area contributed by atoms with Gasteiger partial charge < -0.3 is 14.6 Å². The van der Waals surface area contributed by atoms with Crippen molar-refractivity contribution in [3.63, 3.8) is 0 Å². The molecule has 0 saturated carbocycles. The molecule has 1 amide bonds. The number of thioether (sulfide) groups is 1. The third-order valence-electron chi connectivity index (χ3n) is 5.08. The van der Waals surface area contributed by atoms with E-state index in [2.05, 4.69) is 53.6 Å². The van der Waals surface area contributed by atoms with Gasteiger partial charge in [-0.2, -0.15) is 0 Å². The minimum absolute atomic E-state index is 0.159. The molecule has 0 unspecified atom stereocenters. The lowest BCUT2D eigenvalue weighted by Gasteiger charge is -2.09. The summed E-state index contributed by atoms with van der Waals surface area (Å²) in [5.74, 6) is 0.783. The monoisotopic (exact) mass is 486 g/mol. The van der Waals surface area contributed by atoms with Gasteiger partial charge in [-0.15, -0.1) is 21.5 Å². The zero-order valence-corrected chi connectivity index (χ0v) is 21.3. The first-order chi connectivity index (χ1) is 15.9. The number of aromatic nitrogens is 3. The Labute approximate surface area is 203 Å². The molecule has 0 saturated heterocycles. The molecule has 33 heavy (non-hydrogen) atoms. The Morgan fingerprint density at radius 3 is 2.48 bits per heavy atom. The highest BCUT2D eigenvalue weighted by Gasteiger charge is 2.20. The molecule has 0 aliphatic rings. The molecule has 0 aliphatic carbocycles. The van der Waals surface area contributed by atoms with Crippen molar-refractivity contribution in [2.45, 2.75) is 58.7 Å². The quantitative estimate of drug-likeness (QED) is 0.296. The van der Waals surface area contributed by atoms with E-state index < -0.39 is 5.97 Å². The number of ether oxygens (including phenoxy) is 1. The van der Waals surface area contributed by atoms with Crippen molar-refractivity contribution in [1.82, 2.24) is 14.8 Å². The minimum Gasteiger partial charge on any atom is -0.462 e. The second kappa shape index (κ2) is 11.5. The minimum atomic E-state index is -0.421. The lowest BCUT2D eigenvalue weighted by Crippen LogP contribution is -2.16. The number of aryl methyl sites for hydroxylation is 1. The Bertz CT molecular complexity index is 1100. The molecule has 2 aromatic heterocycles. The Morgan fingerprint density at radius 1 is 1.15 bits per heavy atom. The van der Waals surface area contributed by atoms with E-state index in [4.69, 9.17) is 4.74 Å². The average molecular weight is 487 g/mol. The molecule has 0 atom stereocenters. The van der Waals surface area contributed by atoms with Crippen LogP contribution in [0.3, 0.4) is 0 Å². The van der Waals surface area contributed by atoms with Gasteiger partial charge in [0.15, 0.2) is 11.0 Å². The summed E-state index contributed by atoms with van der Waals surface area (Å²) < 4.78 is 7.13. The molecule has 7 nitrogen and oxygen atoms in total. The number of nitrogens with zero attached hydrogens (tertiary/aromatic N) is 3. The summed E-state index contributed by atoms with van der Waals surface area (Å²) in [4.78, 5) is 25.9. The van der Waals surface area contributed by atoms with E-state index in [0.717, 1.165) is 22.7 Å². The van der Waals surface area contributed by atoms with Crippen LogP contribution < -0.4 is 5.32 Å². The predicted octanol–water partition coefficient (Wildman–Crippen LogP) is 5.62. The van der Waals surface area contributed by atoms with E-state index in [1.165, 1.54) is 28.7 Å². The topological polar surface area (TPSA) is 86.1 Å². The number of carbonyl (C=O) groups excluding carboxylic acids is 2. The molecule has 0 aliphatic heterocycles. The highest BCUT2D eigenvalue weighted by Crippen LogP contribution is 2.30. The Kier molecular flexibility index (Phi) is 8.68. The fraction of sp³-hybridized carbons (Fsp3) is 0.417. The number of rotatable bonds is 10.